The molecule has 3 N–H and O–H groups in total. The number of halogens is 1. The number of nitrogens with one attached hydrogen (secondary N) is 1. The number of aryl methyl sites for hydroxylation is 2. The summed E-state index contributed by atoms with van der Waals surface area (Å²) >= 11 is 0. The van der Waals surface area contributed by atoms with Crippen LogP contribution in [0.25, 0.3) is 11.4 Å². The maximum atomic E-state index is 6.05. The molecule has 0 amide bonds. The van der Waals surface area contributed by atoms with Gasteiger partial charge in [-0.2, -0.15) is 4.98 Å². The number of benzene rings is 2. The number of nitrogens with two attached hydrogens (primary N) is 1. The van der Waals surface area contributed by atoms with Gasteiger partial charge in [0.15, 0.2) is 5.96 Å². The highest BCUT2D eigenvalue weighted by atomic mass is 127. The summed E-state index contributed by atoms with van der Waals surface area (Å²) in [6.07, 6.45) is 3.54. The molecule has 0 spiro atoms. The van der Waals surface area contributed by atoms with Gasteiger partial charge in [-0.15, -0.1) is 24.0 Å². The van der Waals surface area contributed by atoms with Crippen molar-refractivity contribution in [2.45, 2.75) is 32.1 Å². The van der Waals surface area contributed by atoms with Gasteiger partial charge in [-0.25, -0.2) is 0 Å². The third-order valence-electron chi connectivity index (χ3n) is 4.80. The van der Waals surface area contributed by atoms with E-state index in [1.54, 1.807) is 0 Å². The number of guanidine groups is 1. The predicted octanol–water partition coefficient (Wildman–Crippen LogP) is 4.37. The lowest BCUT2D eigenvalue weighted by molar-refractivity contribution is 0.361. The van der Waals surface area contributed by atoms with Crippen LogP contribution in [0.5, 0.6) is 0 Å². The van der Waals surface area contributed by atoms with Crippen molar-refractivity contribution in [1.29, 1.82) is 0 Å². The molecular weight excluding hydrogens is 465 g/mol. The number of anilines is 1. The fourth-order valence-electron chi connectivity index (χ4n) is 3.29. The molecule has 28 heavy (non-hydrogen) atoms. The molecule has 0 saturated carbocycles. The van der Waals surface area contributed by atoms with Crippen molar-refractivity contribution in [2.24, 2.45) is 10.7 Å². The average Bonchev–Trinajstić information content (AvgIpc) is 3.36. The summed E-state index contributed by atoms with van der Waals surface area (Å²) in [7, 11) is 0. The topological polar surface area (TPSA) is 89.3 Å². The van der Waals surface area contributed by atoms with Crippen LogP contribution in [0.4, 0.5) is 5.69 Å². The Hall–Kier alpha value is -2.42. The van der Waals surface area contributed by atoms with Crippen molar-refractivity contribution < 1.29 is 4.52 Å². The standard InChI is InChI=1S/C21H23N5O.HI/c1-14(20-25-19(26-27-20)16-6-3-2-4-7-16)13-23-21(22)24-18-11-10-15-8-5-9-17(15)12-18;/h2-4,6-7,10-12,14H,5,8-9,13H2,1H3,(H3,22,23,24);1H. The third kappa shape index (κ3) is 4.70. The van der Waals surface area contributed by atoms with E-state index in [2.05, 4.69) is 38.6 Å². The first-order chi connectivity index (χ1) is 13.2. The van der Waals surface area contributed by atoms with Crippen molar-refractivity contribution >= 4 is 35.6 Å². The first-order valence-electron chi connectivity index (χ1n) is 9.27. The number of hydrogen-bond acceptors (Lipinski definition) is 4. The van der Waals surface area contributed by atoms with E-state index >= 15 is 0 Å². The zero-order valence-corrected chi connectivity index (χ0v) is 18.1. The van der Waals surface area contributed by atoms with Crippen molar-refractivity contribution in [1.82, 2.24) is 10.1 Å². The Balaban J connectivity index is 0.00000225. The monoisotopic (exact) mass is 489 g/mol. The van der Waals surface area contributed by atoms with Crippen molar-refractivity contribution in [2.75, 3.05) is 11.9 Å². The second kappa shape index (κ2) is 9.18. The molecule has 6 nitrogen and oxygen atoms in total. The molecule has 1 heterocycles. The molecule has 0 aliphatic heterocycles. The van der Waals surface area contributed by atoms with E-state index in [9.17, 15) is 0 Å². The van der Waals surface area contributed by atoms with E-state index in [1.807, 2.05) is 37.3 Å². The summed E-state index contributed by atoms with van der Waals surface area (Å²) in [5, 5.41) is 7.22. The highest BCUT2D eigenvalue weighted by Gasteiger charge is 2.15. The molecule has 1 aromatic heterocycles. The Morgan fingerprint density at radius 1 is 1.18 bits per heavy atom. The number of aliphatic imine (C=N–C) groups is 1. The summed E-state index contributed by atoms with van der Waals surface area (Å²) in [5.41, 5.74) is 10.8. The van der Waals surface area contributed by atoms with E-state index < -0.39 is 0 Å². The van der Waals surface area contributed by atoms with Crippen LogP contribution in [0.3, 0.4) is 0 Å². The highest BCUT2D eigenvalue weighted by Crippen LogP contribution is 2.25. The van der Waals surface area contributed by atoms with Gasteiger partial charge < -0.3 is 15.6 Å². The molecule has 0 saturated heterocycles. The number of hydrogen-bond donors (Lipinski definition) is 2. The number of fused-ring (bicyclic) bond motifs is 1. The molecule has 1 atom stereocenters. The van der Waals surface area contributed by atoms with Gasteiger partial charge >= 0.3 is 0 Å². The highest BCUT2D eigenvalue weighted by molar-refractivity contribution is 14.0. The van der Waals surface area contributed by atoms with Gasteiger partial charge in [0, 0.05) is 11.3 Å². The van der Waals surface area contributed by atoms with Crippen LogP contribution in [0.1, 0.15) is 36.3 Å². The van der Waals surface area contributed by atoms with Crippen LogP contribution < -0.4 is 11.1 Å². The van der Waals surface area contributed by atoms with E-state index in [0.29, 0.717) is 24.2 Å². The second-order valence-electron chi connectivity index (χ2n) is 6.91. The SMILES string of the molecule is CC(CN=C(N)Nc1ccc2c(c1)CCC2)c1nc(-c2ccccc2)no1.I. The summed E-state index contributed by atoms with van der Waals surface area (Å²) in [6, 6.07) is 16.2. The molecule has 146 valence electrons. The van der Waals surface area contributed by atoms with Gasteiger partial charge in [0.1, 0.15) is 0 Å². The molecule has 1 aliphatic rings. The Morgan fingerprint density at radius 3 is 2.79 bits per heavy atom. The largest absolute Gasteiger partial charge is 0.370 e. The molecular formula is C21H24IN5O. The van der Waals surface area contributed by atoms with Gasteiger partial charge in [-0.05, 0) is 42.5 Å². The summed E-state index contributed by atoms with van der Waals surface area (Å²) in [5.74, 6) is 1.52. The normalized spacial score (nSPS) is 14.2. The molecule has 1 unspecified atom stereocenters. The minimum absolute atomic E-state index is 0. The van der Waals surface area contributed by atoms with Gasteiger partial charge in [0.25, 0.3) is 0 Å². The van der Waals surface area contributed by atoms with Crippen molar-refractivity contribution in [3.63, 3.8) is 0 Å². The Bertz CT molecular complexity index is 954. The van der Waals surface area contributed by atoms with Crippen LogP contribution in [0, 0.1) is 0 Å². The molecule has 3 aromatic rings. The molecule has 1 aliphatic carbocycles. The minimum Gasteiger partial charge on any atom is -0.370 e. The van der Waals surface area contributed by atoms with Crippen LogP contribution in [0.15, 0.2) is 58.0 Å². The summed E-state index contributed by atoms with van der Waals surface area (Å²) < 4.78 is 5.39. The van der Waals surface area contributed by atoms with Crippen molar-refractivity contribution in [3.05, 3.63) is 65.5 Å². The lowest BCUT2D eigenvalue weighted by Crippen LogP contribution is -2.23. The first kappa shape index (κ1) is 20.3. The lowest BCUT2D eigenvalue weighted by atomic mass is 10.1. The van der Waals surface area contributed by atoms with E-state index in [0.717, 1.165) is 17.7 Å². The van der Waals surface area contributed by atoms with Gasteiger partial charge in [0.05, 0.1) is 12.5 Å². The molecule has 0 fully saturated rings. The number of aromatic nitrogens is 2. The smallest absolute Gasteiger partial charge is 0.231 e. The molecule has 2 aromatic carbocycles. The maximum absolute atomic E-state index is 6.05. The molecule has 4 rings (SSSR count). The Labute approximate surface area is 181 Å². The zero-order valence-electron chi connectivity index (χ0n) is 15.8. The molecule has 0 radical (unpaired) electrons. The van der Waals surface area contributed by atoms with Crippen LogP contribution >= 0.6 is 24.0 Å². The fraction of sp³-hybridized carbons (Fsp3) is 0.286. The summed E-state index contributed by atoms with van der Waals surface area (Å²) in [6.45, 7) is 2.47. The Morgan fingerprint density at radius 2 is 1.96 bits per heavy atom. The fourth-order valence-corrected chi connectivity index (χ4v) is 3.29. The predicted molar refractivity (Wildman–Crippen MR) is 122 cm³/mol. The average molecular weight is 489 g/mol. The van der Waals surface area contributed by atoms with Crippen LogP contribution in [-0.2, 0) is 12.8 Å². The second-order valence-corrected chi connectivity index (χ2v) is 6.91. The van der Waals surface area contributed by atoms with Crippen LogP contribution in [0.2, 0.25) is 0 Å². The number of nitrogens with zero attached hydrogens (tertiary/aromatic N) is 3. The van der Waals surface area contributed by atoms with E-state index in [1.165, 1.54) is 24.0 Å². The third-order valence-corrected chi connectivity index (χ3v) is 4.80. The Kier molecular flexibility index (Phi) is 6.66. The minimum atomic E-state index is -0.0182. The van der Waals surface area contributed by atoms with Gasteiger partial charge in [-0.3, -0.25) is 4.99 Å². The molecule has 7 heteroatoms. The molecule has 0 bridgehead atoms. The quantitative estimate of drug-likeness (QED) is 0.316. The lowest BCUT2D eigenvalue weighted by Gasteiger charge is -2.09. The number of rotatable bonds is 5. The van der Waals surface area contributed by atoms with E-state index in [4.69, 9.17) is 10.3 Å². The zero-order chi connectivity index (χ0) is 18.6. The van der Waals surface area contributed by atoms with Gasteiger partial charge in [0.2, 0.25) is 11.7 Å². The van der Waals surface area contributed by atoms with Crippen molar-refractivity contribution in [3.8, 4) is 11.4 Å². The van der Waals surface area contributed by atoms with Gasteiger partial charge in [-0.1, -0.05) is 48.5 Å². The van der Waals surface area contributed by atoms with E-state index in [-0.39, 0.29) is 29.9 Å². The first-order valence-corrected chi connectivity index (χ1v) is 9.27. The summed E-state index contributed by atoms with van der Waals surface area (Å²) in [4.78, 5) is 8.90. The van der Waals surface area contributed by atoms with Crippen LogP contribution in [-0.4, -0.2) is 22.6 Å². The maximum Gasteiger partial charge on any atom is 0.231 e.